The van der Waals surface area contributed by atoms with Crippen molar-refractivity contribution < 1.29 is 19.5 Å². The summed E-state index contributed by atoms with van der Waals surface area (Å²) in [6.07, 6.45) is 1.07. The van der Waals surface area contributed by atoms with E-state index in [0.29, 0.717) is 42.2 Å². The van der Waals surface area contributed by atoms with Crippen molar-refractivity contribution >= 4 is 17.6 Å². The van der Waals surface area contributed by atoms with Gasteiger partial charge in [-0.2, -0.15) is 0 Å². The van der Waals surface area contributed by atoms with Gasteiger partial charge in [-0.1, -0.05) is 65.5 Å². The largest absolute Gasteiger partial charge is 0.309 e. The van der Waals surface area contributed by atoms with Crippen LogP contribution in [-0.4, -0.2) is 47.1 Å². The first-order valence-electron chi connectivity index (χ1n) is 13.8. The van der Waals surface area contributed by atoms with Crippen molar-refractivity contribution in [2.24, 2.45) is 0 Å². The van der Waals surface area contributed by atoms with E-state index in [1.54, 1.807) is 17.0 Å². The van der Waals surface area contributed by atoms with Gasteiger partial charge in [0.1, 0.15) is 18.2 Å². The van der Waals surface area contributed by atoms with E-state index in [2.05, 4.69) is 30.2 Å². The predicted octanol–water partition coefficient (Wildman–Crippen LogP) is 4.29. The van der Waals surface area contributed by atoms with Crippen LogP contribution in [-0.2, 0) is 29.2 Å². The molecule has 0 N–H and O–H groups in total. The van der Waals surface area contributed by atoms with Crippen molar-refractivity contribution in [3.05, 3.63) is 117 Å². The van der Waals surface area contributed by atoms with Crippen LogP contribution < -0.4 is 4.90 Å². The normalized spacial score (nSPS) is 12.6. The fourth-order valence-electron chi connectivity index (χ4n) is 5.18. The summed E-state index contributed by atoms with van der Waals surface area (Å²) in [4.78, 5) is 52.3. The van der Waals surface area contributed by atoms with Gasteiger partial charge in [0.25, 0.3) is 11.0 Å². The van der Waals surface area contributed by atoms with Gasteiger partial charge in [0.2, 0.25) is 11.7 Å². The summed E-state index contributed by atoms with van der Waals surface area (Å²) in [5, 5.41) is 22.0. The molecule has 220 valence electrons. The van der Waals surface area contributed by atoms with Crippen LogP contribution in [0.15, 0.2) is 72.8 Å². The van der Waals surface area contributed by atoms with Gasteiger partial charge in [0.15, 0.2) is 0 Å². The lowest BCUT2D eigenvalue weighted by atomic mass is 9.98. The number of fused-ring (bicyclic) bond motifs is 1. The second kappa shape index (κ2) is 11.8. The molecule has 3 heterocycles. The Hall–Kier alpha value is -5.85. The van der Waals surface area contributed by atoms with Crippen molar-refractivity contribution in [2.75, 3.05) is 4.90 Å². The third kappa shape index (κ3) is 5.75. The number of aromatic nitrogens is 6. The molecule has 0 saturated heterocycles. The molecule has 0 aliphatic carbocycles. The number of hydrogen-bond acceptors (Lipinski definition) is 10. The number of benzene rings is 3. The van der Waals surface area contributed by atoms with Gasteiger partial charge in [-0.3, -0.25) is 14.5 Å². The van der Waals surface area contributed by atoms with Crippen LogP contribution in [0, 0.1) is 24.0 Å². The van der Waals surface area contributed by atoms with Gasteiger partial charge in [-0.05, 0) is 59.9 Å². The first kappa shape index (κ1) is 28.3. The Labute approximate surface area is 251 Å². The predicted molar refractivity (Wildman–Crippen MR) is 158 cm³/mol. The Morgan fingerprint density at radius 1 is 0.932 bits per heavy atom. The summed E-state index contributed by atoms with van der Waals surface area (Å²) in [5.41, 5.74) is 6.13. The van der Waals surface area contributed by atoms with E-state index in [4.69, 9.17) is 0 Å². The zero-order valence-corrected chi connectivity index (χ0v) is 23.9. The van der Waals surface area contributed by atoms with Gasteiger partial charge < -0.3 is 4.84 Å². The number of rotatable bonds is 8. The molecule has 5 aromatic rings. The molecule has 6 rings (SSSR count). The lowest BCUT2D eigenvalue weighted by Gasteiger charge is -2.29. The molecule has 1 amide bonds. The minimum Gasteiger partial charge on any atom is -0.309 e. The summed E-state index contributed by atoms with van der Waals surface area (Å²) >= 11 is 0. The van der Waals surface area contributed by atoms with Gasteiger partial charge in [0.05, 0.1) is 6.54 Å². The molecule has 0 unspecified atom stereocenters. The van der Waals surface area contributed by atoms with Crippen LogP contribution in [0.25, 0.3) is 22.5 Å². The Balaban J connectivity index is 1.21. The Morgan fingerprint density at radius 2 is 1.64 bits per heavy atom. The molecular weight excluding hydrogens is 564 g/mol. The van der Waals surface area contributed by atoms with E-state index in [1.807, 2.05) is 62.4 Å². The lowest BCUT2D eigenvalue weighted by Crippen LogP contribution is -2.36. The first-order chi connectivity index (χ1) is 21.3. The zero-order valence-electron chi connectivity index (χ0n) is 23.9. The zero-order chi connectivity index (χ0) is 30.8. The highest BCUT2D eigenvalue weighted by Crippen LogP contribution is 2.32. The summed E-state index contributed by atoms with van der Waals surface area (Å²) in [5.74, 6) is 1.13. The monoisotopic (exact) mass is 590 g/mol. The fourth-order valence-corrected chi connectivity index (χ4v) is 5.18. The van der Waals surface area contributed by atoms with Crippen LogP contribution in [0.3, 0.4) is 0 Å². The SMILES string of the molecule is Cc1nc(C)c2c(n1)N(Cc1ccc(-c3ccccc3-c3nnn(C(=O)c4ccc(CO[N+](=O)[O-])cc4)n3)cc1)C(=O)CC2. The van der Waals surface area contributed by atoms with Crippen LogP contribution in [0.4, 0.5) is 5.82 Å². The molecule has 1 aliphatic rings. The van der Waals surface area contributed by atoms with E-state index in [-0.39, 0.29) is 23.9 Å². The molecule has 0 bridgehead atoms. The van der Waals surface area contributed by atoms with Crippen LogP contribution in [0.5, 0.6) is 0 Å². The molecular formula is C31H26N8O5. The highest BCUT2D eigenvalue weighted by molar-refractivity contribution is 5.96. The van der Waals surface area contributed by atoms with Crippen LogP contribution in [0.1, 0.15) is 45.0 Å². The summed E-state index contributed by atoms with van der Waals surface area (Å²) in [7, 11) is 0. The molecule has 0 atom stereocenters. The molecule has 13 nitrogen and oxygen atoms in total. The molecule has 0 fully saturated rings. The maximum absolute atomic E-state index is 13.0. The minimum absolute atomic E-state index is 0.0351. The average Bonchev–Trinajstić information content (AvgIpc) is 3.52. The Morgan fingerprint density at radius 3 is 2.36 bits per heavy atom. The third-order valence-electron chi connectivity index (χ3n) is 7.36. The van der Waals surface area contributed by atoms with E-state index in [0.717, 1.165) is 32.7 Å². The van der Waals surface area contributed by atoms with Crippen molar-refractivity contribution in [3.8, 4) is 22.5 Å². The number of aryl methyl sites for hydroxylation is 2. The average molecular weight is 591 g/mol. The topological polar surface area (TPSA) is 159 Å². The number of anilines is 1. The summed E-state index contributed by atoms with van der Waals surface area (Å²) < 4.78 is 0. The van der Waals surface area contributed by atoms with E-state index < -0.39 is 11.0 Å². The van der Waals surface area contributed by atoms with Crippen LogP contribution >= 0.6 is 0 Å². The highest BCUT2D eigenvalue weighted by atomic mass is 16.9. The molecule has 3 aromatic carbocycles. The van der Waals surface area contributed by atoms with Gasteiger partial charge in [-0.15, -0.1) is 20.3 Å². The smallest absolute Gasteiger partial charge is 0.297 e. The first-order valence-corrected chi connectivity index (χ1v) is 13.8. The number of carbonyl (C=O) groups excluding carboxylic acids is 2. The maximum Gasteiger partial charge on any atom is 0.297 e. The molecule has 44 heavy (non-hydrogen) atoms. The van der Waals surface area contributed by atoms with E-state index in [9.17, 15) is 19.7 Å². The van der Waals surface area contributed by atoms with Crippen LogP contribution in [0.2, 0.25) is 0 Å². The maximum atomic E-state index is 13.0. The third-order valence-corrected chi connectivity index (χ3v) is 7.36. The second-order valence-corrected chi connectivity index (χ2v) is 10.3. The van der Waals surface area contributed by atoms with Gasteiger partial charge in [-0.25, -0.2) is 9.97 Å². The molecule has 13 heteroatoms. The standard InChI is InChI=1S/C31H26N8O5/c1-19-25-15-16-28(40)37(30(25)33-20(2)32-19)17-21-7-11-23(12-8-21)26-5-3-4-6-27(26)29-34-36-38(35-29)31(41)24-13-9-22(10-14-24)18-44-39(42)43/h3-14H,15-18H2,1-2H3. The highest BCUT2D eigenvalue weighted by Gasteiger charge is 2.28. The Bertz CT molecular complexity index is 1890. The van der Waals surface area contributed by atoms with Crippen molar-refractivity contribution in [2.45, 2.75) is 39.8 Å². The fraction of sp³-hybridized carbons (Fsp3) is 0.194. The molecule has 2 aromatic heterocycles. The summed E-state index contributed by atoms with van der Waals surface area (Å²) in [6.45, 7) is 3.96. The Kier molecular flexibility index (Phi) is 7.58. The van der Waals surface area contributed by atoms with Gasteiger partial charge in [0, 0.05) is 28.8 Å². The van der Waals surface area contributed by atoms with Crippen molar-refractivity contribution in [1.29, 1.82) is 0 Å². The molecule has 0 spiro atoms. The number of hydrogen-bond donors (Lipinski definition) is 0. The molecule has 0 saturated carbocycles. The van der Waals surface area contributed by atoms with Gasteiger partial charge >= 0.3 is 0 Å². The number of nitrogens with zero attached hydrogens (tertiary/aromatic N) is 8. The number of amides is 1. The molecule has 1 aliphatic heterocycles. The minimum atomic E-state index is -0.875. The summed E-state index contributed by atoms with van der Waals surface area (Å²) in [6, 6.07) is 21.6. The van der Waals surface area contributed by atoms with Crippen molar-refractivity contribution in [3.63, 3.8) is 0 Å². The van der Waals surface area contributed by atoms with E-state index >= 15 is 0 Å². The molecule has 0 radical (unpaired) electrons. The lowest BCUT2D eigenvalue weighted by molar-refractivity contribution is -0.763. The number of tetrazole rings is 1. The second-order valence-electron chi connectivity index (χ2n) is 10.3. The van der Waals surface area contributed by atoms with Crippen molar-refractivity contribution in [1.82, 2.24) is 30.2 Å². The quantitative estimate of drug-likeness (QED) is 0.188. The van der Waals surface area contributed by atoms with E-state index in [1.165, 1.54) is 12.1 Å². The number of carbonyl (C=O) groups is 2.